The topological polar surface area (TPSA) is 244 Å². The Morgan fingerprint density at radius 1 is 0.921 bits per heavy atom. The minimum absolute atomic E-state index is 0.0000825. The first-order valence-corrected chi connectivity index (χ1v) is 20.7. The number of hydrogen-bond acceptors (Lipinski definition) is 16. The molecular weight excluding hydrogens is 822 g/mol. The Hall–Kier alpha value is -5.88. The Morgan fingerprint density at radius 3 is 2.14 bits per heavy atom. The van der Waals surface area contributed by atoms with E-state index in [0.29, 0.717) is 0 Å². The summed E-state index contributed by atoms with van der Waals surface area (Å²) in [7, 11) is 0. The largest absolute Gasteiger partial charge is 0.509 e. The van der Waals surface area contributed by atoms with Crippen LogP contribution in [0.2, 0.25) is 0 Å². The summed E-state index contributed by atoms with van der Waals surface area (Å²) in [4.78, 5) is 83.8. The van der Waals surface area contributed by atoms with Gasteiger partial charge < -0.3 is 53.5 Å². The summed E-state index contributed by atoms with van der Waals surface area (Å²) in [5.74, 6) is -6.37. The van der Waals surface area contributed by atoms with Gasteiger partial charge in [0, 0.05) is 30.7 Å². The number of amides is 1. The van der Waals surface area contributed by atoms with Crippen LogP contribution in [-0.4, -0.2) is 112 Å². The Labute approximate surface area is 362 Å². The number of rotatable bonds is 11. The fraction of sp³-hybridized carbons (Fsp3) is 0.478. The maximum atomic E-state index is 15.5. The normalized spacial score (nSPS) is 31.5. The first kappa shape index (κ1) is 45.2. The van der Waals surface area contributed by atoms with Crippen molar-refractivity contribution in [3.8, 4) is 0 Å². The number of fused-ring (bicyclic) bond motifs is 5. The average molecular weight is 874 g/mol. The molecule has 2 unspecified atom stereocenters. The second kappa shape index (κ2) is 17.0. The second-order valence-corrected chi connectivity index (χ2v) is 17.2. The number of ketones is 1. The third-order valence-electron chi connectivity index (χ3n) is 13.4. The van der Waals surface area contributed by atoms with Crippen LogP contribution in [0.15, 0.2) is 94.6 Å². The van der Waals surface area contributed by atoms with Crippen molar-refractivity contribution in [1.82, 2.24) is 5.32 Å². The lowest BCUT2D eigenvalue weighted by Crippen LogP contribution is -2.82. The highest BCUT2D eigenvalue weighted by Crippen LogP contribution is 2.64. The second-order valence-electron chi connectivity index (χ2n) is 17.2. The number of aliphatic hydroxyl groups is 3. The van der Waals surface area contributed by atoms with Crippen LogP contribution in [0.25, 0.3) is 0 Å². The zero-order valence-electron chi connectivity index (χ0n) is 35.6. The van der Waals surface area contributed by atoms with Crippen LogP contribution >= 0.6 is 0 Å². The molecule has 3 fully saturated rings. The molecule has 2 bridgehead atoms. The molecule has 2 saturated carbocycles. The molecule has 1 amide bonds. The molecule has 336 valence electrons. The van der Waals surface area contributed by atoms with Gasteiger partial charge in [-0.3, -0.25) is 14.4 Å². The fourth-order valence-electron chi connectivity index (χ4n) is 9.99. The number of ether oxygens (including phenoxy) is 6. The number of nitrogens with one attached hydrogen (secondary N) is 1. The molecule has 1 aromatic heterocycles. The van der Waals surface area contributed by atoms with E-state index in [4.69, 9.17) is 32.8 Å². The van der Waals surface area contributed by atoms with Gasteiger partial charge in [0.05, 0.1) is 42.5 Å². The molecule has 1 saturated heterocycles. The minimum atomic E-state index is -2.45. The van der Waals surface area contributed by atoms with Gasteiger partial charge in [-0.15, -0.1) is 0 Å². The maximum absolute atomic E-state index is 15.5. The summed E-state index contributed by atoms with van der Waals surface area (Å²) in [6.45, 7) is 8.06. The van der Waals surface area contributed by atoms with Gasteiger partial charge in [0.25, 0.3) is 5.91 Å². The van der Waals surface area contributed by atoms with E-state index < -0.39 is 113 Å². The predicted molar refractivity (Wildman–Crippen MR) is 216 cm³/mol. The van der Waals surface area contributed by atoms with Crippen molar-refractivity contribution in [3.63, 3.8) is 0 Å². The van der Waals surface area contributed by atoms with Crippen molar-refractivity contribution in [2.24, 2.45) is 16.7 Å². The molecule has 11 atom stereocenters. The number of carbonyl (C=O) groups is 6. The highest BCUT2D eigenvalue weighted by atomic mass is 16.8. The Balaban J connectivity index is 1.39. The molecule has 63 heavy (non-hydrogen) atoms. The summed E-state index contributed by atoms with van der Waals surface area (Å²) in [6, 6.07) is 17.2. The molecule has 3 aromatic rings. The number of esters is 3. The third-order valence-corrected chi connectivity index (χ3v) is 13.4. The molecular formula is C46H51NO16. The molecule has 0 radical (unpaired) electrons. The first-order chi connectivity index (χ1) is 29.8. The highest BCUT2D eigenvalue weighted by Gasteiger charge is 2.78. The summed E-state index contributed by atoms with van der Waals surface area (Å²) >= 11 is 0. The number of benzene rings is 2. The number of hydrogen-bond donors (Lipinski definition) is 4. The van der Waals surface area contributed by atoms with Crippen LogP contribution in [-0.2, 0) is 42.8 Å². The number of aliphatic hydroxyl groups excluding tert-OH is 2. The van der Waals surface area contributed by atoms with Crippen LogP contribution in [0.4, 0.5) is 4.79 Å². The molecule has 17 heteroatoms. The molecule has 4 N–H and O–H groups in total. The first-order valence-electron chi connectivity index (χ1n) is 20.7. The molecule has 17 nitrogen and oxygen atoms in total. The fourth-order valence-corrected chi connectivity index (χ4v) is 9.99. The lowest BCUT2D eigenvalue weighted by molar-refractivity contribution is -0.344. The Kier molecular flexibility index (Phi) is 12.2. The van der Waals surface area contributed by atoms with E-state index in [1.54, 1.807) is 43.3 Å². The lowest BCUT2D eigenvalue weighted by Gasteiger charge is -2.67. The zero-order chi connectivity index (χ0) is 45.6. The van der Waals surface area contributed by atoms with Crippen LogP contribution in [0, 0.1) is 16.7 Å². The van der Waals surface area contributed by atoms with Crippen molar-refractivity contribution < 1.29 is 76.9 Å². The van der Waals surface area contributed by atoms with Crippen LogP contribution < -0.4 is 5.32 Å². The van der Waals surface area contributed by atoms with Gasteiger partial charge in [0.15, 0.2) is 23.6 Å². The Bertz CT molecular complexity index is 2280. The standard InChI is InChI=1S/C46H51NO16/c1-7-57-42(55)63-45-23-59-31(45)21-30(49)44(6)36(45)38(62-40(53)27-17-12-9-13-18-27)46(56)22-29(24(2)32(43(46,4)5)35(37(44)51)60-25(3)48)61-41(54)34(50)33(28-19-14-20-58-28)47-39(52)26-15-10-8-11-16-26/h8-20,29-31,33-36,38,49-50,56H,7,21-23H2,1-6H3,(H,47,52)/t29-,30-,31+,33?,34+,35+,36?,38-,44+,45-,46+/m0/s1. The highest BCUT2D eigenvalue weighted by molar-refractivity contribution is 5.96. The average Bonchev–Trinajstić information content (AvgIpc) is 3.79. The monoisotopic (exact) mass is 873 g/mol. The summed E-state index contributed by atoms with van der Waals surface area (Å²) in [6.07, 6.45) is -10.9. The van der Waals surface area contributed by atoms with E-state index in [2.05, 4.69) is 5.32 Å². The third kappa shape index (κ3) is 7.59. The van der Waals surface area contributed by atoms with Gasteiger partial charge in [-0.25, -0.2) is 14.4 Å². The van der Waals surface area contributed by atoms with Gasteiger partial charge in [0.2, 0.25) is 0 Å². The van der Waals surface area contributed by atoms with Crippen molar-refractivity contribution in [3.05, 3.63) is 107 Å². The van der Waals surface area contributed by atoms with Gasteiger partial charge in [-0.2, -0.15) is 0 Å². The maximum Gasteiger partial charge on any atom is 0.509 e. The molecule has 3 aliphatic carbocycles. The summed E-state index contributed by atoms with van der Waals surface area (Å²) in [5.41, 5.74) is -7.82. The lowest BCUT2D eigenvalue weighted by atomic mass is 9.44. The van der Waals surface area contributed by atoms with Crippen LogP contribution in [0.3, 0.4) is 0 Å². The number of Topliss-reactive ketones (excluding diaryl/α,β-unsaturated/α-hetero) is 1. The molecule has 4 aliphatic rings. The molecule has 7 rings (SSSR count). The summed E-state index contributed by atoms with van der Waals surface area (Å²) in [5, 5.41) is 40.1. The van der Waals surface area contributed by atoms with E-state index in [0.717, 1.165) is 6.92 Å². The van der Waals surface area contributed by atoms with E-state index in [-0.39, 0.29) is 47.7 Å². The molecule has 0 spiro atoms. The SMILES string of the molecule is CCOC(=O)O[C@@]12CO[C@@H]1C[C@H](O)[C@@]1(C)C(=O)[C@H](OC(C)=O)C3=C(C)[C@@H](OC(=O)[C@H](O)C(NC(=O)c4ccccc4)c4ccco4)C[C@@](O)([C@@H](OC(=O)c4ccccc4)C12)C3(C)C. The summed E-state index contributed by atoms with van der Waals surface area (Å²) < 4.78 is 40.9. The zero-order valence-corrected chi connectivity index (χ0v) is 35.6. The smallest absolute Gasteiger partial charge is 0.467 e. The molecule has 1 aliphatic heterocycles. The number of furan rings is 1. The van der Waals surface area contributed by atoms with E-state index in [1.807, 2.05) is 0 Å². The minimum Gasteiger partial charge on any atom is -0.467 e. The van der Waals surface area contributed by atoms with Crippen molar-refractivity contribution in [2.75, 3.05) is 13.2 Å². The van der Waals surface area contributed by atoms with E-state index >= 15 is 4.79 Å². The Morgan fingerprint density at radius 2 is 1.57 bits per heavy atom. The van der Waals surface area contributed by atoms with Gasteiger partial charge in [-0.1, -0.05) is 50.2 Å². The van der Waals surface area contributed by atoms with E-state index in [1.165, 1.54) is 70.4 Å². The van der Waals surface area contributed by atoms with Crippen LogP contribution in [0.5, 0.6) is 0 Å². The van der Waals surface area contributed by atoms with E-state index in [9.17, 15) is 39.3 Å². The van der Waals surface area contributed by atoms with Gasteiger partial charge in [-0.05, 0) is 68.3 Å². The van der Waals surface area contributed by atoms with Crippen molar-refractivity contribution in [2.45, 2.75) is 108 Å². The molecule has 2 heterocycles. The predicted octanol–water partition coefficient (Wildman–Crippen LogP) is 3.94. The quantitative estimate of drug-likeness (QED) is 0.121. The van der Waals surface area contributed by atoms with Gasteiger partial charge in [0.1, 0.15) is 35.7 Å². The molecule has 2 aromatic carbocycles. The van der Waals surface area contributed by atoms with Gasteiger partial charge >= 0.3 is 24.1 Å². The van der Waals surface area contributed by atoms with Crippen molar-refractivity contribution >= 4 is 35.8 Å². The van der Waals surface area contributed by atoms with Crippen LogP contribution in [0.1, 0.15) is 86.9 Å². The number of carbonyl (C=O) groups excluding carboxylic acids is 6. The van der Waals surface area contributed by atoms with Crippen molar-refractivity contribution in [1.29, 1.82) is 0 Å².